The van der Waals surface area contributed by atoms with E-state index in [1.54, 1.807) is 11.3 Å². The summed E-state index contributed by atoms with van der Waals surface area (Å²) in [6.45, 7) is 8.66. The van der Waals surface area contributed by atoms with Crippen molar-refractivity contribution < 1.29 is 9.53 Å². The van der Waals surface area contributed by atoms with Crippen molar-refractivity contribution in [2.45, 2.75) is 46.3 Å². The quantitative estimate of drug-likeness (QED) is 0.878. The number of ether oxygens (including phenoxy) is 1. The van der Waals surface area contributed by atoms with Crippen LogP contribution in [0, 0.1) is 0 Å². The maximum atomic E-state index is 11.6. The Morgan fingerprint density at radius 1 is 1.47 bits per heavy atom. The molecule has 1 aromatic rings. The van der Waals surface area contributed by atoms with Gasteiger partial charge in [-0.3, -0.25) is 4.79 Å². The second-order valence-electron chi connectivity index (χ2n) is 4.90. The fourth-order valence-electron chi connectivity index (χ4n) is 1.35. The Morgan fingerprint density at radius 2 is 2.18 bits per heavy atom. The van der Waals surface area contributed by atoms with Crippen LogP contribution in [-0.2, 0) is 22.5 Å². The molecule has 1 rings (SSSR count). The maximum absolute atomic E-state index is 11.6. The van der Waals surface area contributed by atoms with E-state index in [1.807, 2.05) is 20.8 Å². The van der Waals surface area contributed by atoms with Gasteiger partial charge in [0, 0.05) is 4.88 Å². The van der Waals surface area contributed by atoms with Crippen molar-refractivity contribution in [1.82, 2.24) is 5.32 Å². The van der Waals surface area contributed by atoms with E-state index in [-0.39, 0.29) is 18.1 Å². The molecule has 1 amide bonds. The van der Waals surface area contributed by atoms with Gasteiger partial charge >= 0.3 is 0 Å². The number of aryl methyl sites for hydroxylation is 1. The molecule has 0 fully saturated rings. The minimum atomic E-state index is -0.269. The highest BCUT2D eigenvalue weighted by atomic mass is 32.1. The van der Waals surface area contributed by atoms with Crippen molar-refractivity contribution in [3.8, 4) is 0 Å². The van der Waals surface area contributed by atoms with Crippen molar-refractivity contribution in [3.05, 3.63) is 21.9 Å². The van der Waals surface area contributed by atoms with Gasteiger partial charge in [0.05, 0.1) is 12.1 Å². The van der Waals surface area contributed by atoms with Gasteiger partial charge in [-0.25, -0.2) is 0 Å². The van der Waals surface area contributed by atoms with Crippen molar-refractivity contribution in [1.29, 1.82) is 0 Å². The Labute approximate surface area is 107 Å². The molecule has 1 N–H and O–H groups in total. The van der Waals surface area contributed by atoms with E-state index < -0.39 is 0 Å². The largest absolute Gasteiger partial charge is 0.366 e. The summed E-state index contributed by atoms with van der Waals surface area (Å²) in [5, 5.41) is 4.94. The molecule has 0 spiro atoms. The van der Waals surface area contributed by atoms with Crippen molar-refractivity contribution >= 4 is 17.2 Å². The predicted octanol–water partition coefficient (Wildman–Crippen LogP) is 2.74. The molecule has 0 aliphatic rings. The molecule has 1 aromatic heterocycles. The Balaban J connectivity index is 2.33. The van der Waals surface area contributed by atoms with Gasteiger partial charge in [-0.05, 0) is 44.2 Å². The Kier molecular flexibility index (Phi) is 5.15. The molecule has 96 valence electrons. The average molecular weight is 255 g/mol. The first kappa shape index (κ1) is 14.2. The summed E-state index contributed by atoms with van der Waals surface area (Å²) in [5.74, 6) is -0.0598. The van der Waals surface area contributed by atoms with Crippen LogP contribution in [0.25, 0.3) is 0 Å². The Morgan fingerprint density at radius 3 is 2.76 bits per heavy atom. The second kappa shape index (κ2) is 6.17. The highest BCUT2D eigenvalue weighted by Crippen LogP contribution is 2.16. The zero-order valence-electron chi connectivity index (χ0n) is 11.0. The number of nitrogens with one attached hydrogen (secondary N) is 1. The van der Waals surface area contributed by atoms with E-state index in [2.05, 4.69) is 23.7 Å². The van der Waals surface area contributed by atoms with E-state index in [0.29, 0.717) is 6.54 Å². The number of hydrogen-bond donors (Lipinski definition) is 1. The molecule has 4 heteroatoms. The highest BCUT2D eigenvalue weighted by Gasteiger charge is 2.13. The summed E-state index contributed by atoms with van der Waals surface area (Å²) < 4.78 is 5.41. The molecule has 0 bridgehead atoms. The standard InChI is InChI=1S/C13H21NO2S/c1-5-10-6-7-17-11(10)8-14-12(15)9-16-13(2,3)4/h6-7H,5,8-9H2,1-4H3,(H,14,15). The minimum absolute atomic E-state index is 0.0598. The summed E-state index contributed by atoms with van der Waals surface area (Å²) >= 11 is 1.68. The summed E-state index contributed by atoms with van der Waals surface area (Å²) in [6.07, 6.45) is 1.01. The molecule has 0 aliphatic carbocycles. The first-order chi connectivity index (χ1) is 7.92. The molecule has 3 nitrogen and oxygen atoms in total. The fourth-order valence-corrected chi connectivity index (χ4v) is 2.26. The lowest BCUT2D eigenvalue weighted by molar-refractivity contribution is -0.130. The molecular weight excluding hydrogens is 234 g/mol. The van der Waals surface area contributed by atoms with Crippen LogP contribution in [0.3, 0.4) is 0 Å². The molecule has 0 saturated carbocycles. The number of amides is 1. The highest BCUT2D eigenvalue weighted by molar-refractivity contribution is 7.10. The summed E-state index contributed by atoms with van der Waals surface area (Å²) in [4.78, 5) is 12.8. The van der Waals surface area contributed by atoms with Gasteiger partial charge in [0.15, 0.2) is 0 Å². The van der Waals surface area contributed by atoms with Crippen LogP contribution in [0.4, 0.5) is 0 Å². The van der Waals surface area contributed by atoms with Gasteiger partial charge in [0.2, 0.25) is 5.91 Å². The van der Waals surface area contributed by atoms with Gasteiger partial charge in [0.1, 0.15) is 6.61 Å². The molecule has 0 atom stereocenters. The zero-order valence-corrected chi connectivity index (χ0v) is 11.8. The van der Waals surface area contributed by atoms with Crippen molar-refractivity contribution in [3.63, 3.8) is 0 Å². The van der Waals surface area contributed by atoms with Gasteiger partial charge in [-0.15, -0.1) is 11.3 Å². The topological polar surface area (TPSA) is 38.3 Å². The predicted molar refractivity (Wildman–Crippen MR) is 71.2 cm³/mol. The first-order valence-electron chi connectivity index (χ1n) is 5.88. The lowest BCUT2D eigenvalue weighted by Gasteiger charge is -2.18. The molecule has 17 heavy (non-hydrogen) atoms. The first-order valence-corrected chi connectivity index (χ1v) is 6.76. The number of hydrogen-bond acceptors (Lipinski definition) is 3. The van der Waals surface area contributed by atoms with Crippen LogP contribution in [0.5, 0.6) is 0 Å². The number of carbonyl (C=O) groups is 1. The number of carbonyl (C=O) groups excluding carboxylic acids is 1. The summed E-state index contributed by atoms with van der Waals surface area (Å²) in [5.41, 5.74) is 1.04. The van der Waals surface area contributed by atoms with E-state index in [9.17, 15) is 4.79 Å². The average Bonchev–Trinajstić information content (AvgIpc) is 2.69. The van der Waals surface area contributed by atoms with Crippen LogP contribution in [0.1, 0.15) is 38.1 Å². The molecule has 0 aromatic carbocycles. The summed E-state index contributed by atoms with van der Waals surface area (Å²) in [6, 6.07) is 2.11. The second-order valence-corrected chi connectivity index (χ2v) is 5.90. The lowest BCUT2D eigenvalue weighted by atomic mass is 10.2. The molecule has 0 unspecified atom stereocenters. The van der Waals surface area contributed by atoms with Crippen molar-refractivity contribution in [2.75, 3.05) is 6.61 Å². The molecule has 1 heterocycles. The van der Waals surface area contributed by atoms with Gasteiger partial charge in [0.25, 0.3) is 0 Å². The lowest BCUT2D eigenvalue weighted by Crippen LogP contribution is -2.31. The maximum Gasteiger partial charge on any atom is 0.246 e. The third kappa shape index (κ3) is 5.33. The van der Waals surface area contributed by atoms with Crippen LogP contribution >= 0.6 is 11.3 Å². The fraction of sp³-hybridized carbons (Fsp3) is 0.615. The van der Waals surface area contributed by atoms with E-state index in [4.69, 9.17) is 4.74 Å². The van der Waals surface area contributed by atoms with E-state index >= 15 is 0 Å². The number of thiophene rings is 1. The smallest absolute Gasteiger partial charge is 0.246 e. The van der Waals surface area contributed by atoms with Crippen LogP contribution in [0.15, 0.2) is 11.4 Å². The monoisotopic (exact) mass is 255 g/mol. The Bertz CT molecular complexity index is 366. The normalized spacial score (nSPS) is 11.5. The van der Waals surface area contributed by atoms with Crippen molar-refractivity contribution in [2.24, 2.45) is 0 Å². The number of rotatable bonds is 5. The van der Waals surface area contributed by atoms with E-state index in [0.717, 1.165) is 6.42 Å². The van der Waals surface area contributed by atoms with Gasteiger partial charge < -0.3 is 10.1 Å². The van der Waals surface area contributed by atoms with Crippen LogP contribution in [-0.4, -0.2) is 18.1 Å². The van der Waals surface area contributed by atoms with E-state index in [1.165, 1.54) is 10.4 Å². The van der Waals surface area contributed by atoms with Crippen LogP contribution in [0.2, 0.25) is 0 Å². The molecular formula is C13H21NO2S. The summed E-state index contributed by atoms with van der Waals surface area (Å²) in [7, 11) is 0. The van der Waals surface area contributed by atoms with Gasteiger partial charge in [-0.2, -0.15) is 0 Å². The SMILES string of the molecule is CCc1ccsc1CNC(=O)COC(C)(C)C. The Hall–Kier alpha value is -0.870. The van der Waals surface area contributed by atoms with Gasteiger partial charge in [-0.1, -0.05) is 6.92 Å². The third-order valence-corrected chi connectivity index (χ3v) is 3.26. The van der Waals surface area contributed by atoms with Crippen LogP contribution < -0.4 is 5.32 Å². The molecule has 0 saturated heterocycles. The molecule has 0 aliphatic heterocycles. The minimum Gasteiger partial charge on any atom is -0.366 e. The molecule has 0 radical (unpaired) electrons. The third-order valence-electron chi connectivity index (χ3n) is 2.30. The zero-order chi connectivity index (χ0) is 12.9.